The van der Waals surface area contributed by atoms with Crippen molar-refractivity contribution in [1.29, 1.82) is 0 Å². The van der Waals surface area contributed by atoms with Crippen LogP contribution in [-0.4, -0.2) is 6.15 Å². The summed E-state index contributed by atoms with van der Waals surface area (Å²) in [5.41, 5.74) is -5.39. The number of nitrogens with zero attached hydrogens (tertiary/aromatic N) is 3. The monoisotopic (exact) mass is 1200 g/mol. The van der Waals surface area contributed by atoms with Crippen molar-refractivity contribution >= 4 is 51.3 Å². The lowest BCUT2D eigenvalue weighted by Crippen LogP contribution is -2.81. The Morgan fingerprint density at radius 1 is 0.241 bits per heavy atom. The van der Waals surface area contributed by atoms with E-state index in [-0.39, 0.29) is 0 Å². The van der Waals surface area contributed by atoms with Gasteiger partial charge in [-0.05, 0) is 5.53 Å². The van der Waals surface area contributed by atoms with Gasteiger partial charge in [0.25, 0.3) is 0 Å². The fraction of sp³-hybridized carbons (Fsp3) is 0. The Labute approximate surface area is 411 Å². The fourth-order valence-electron chi connectivity index (χ4n) is 7.94. The normalized spacial score (nSPS) is 11.8. The zero-order chi connectivity index (χ0) is 60.1. The van der Waals surface area contributed by atoms with Crippen LogP contribution in [0, 0.1) is 186 Å². The molecule has 0 bridgehead atoms. The lowest BCUT2D eigenvalue weighted by atomic mass is 9.12. The van der Waals surface area contributed by atoms with E-state index in [9.17, 15) is 105 Å². The first-order valence-corrected chi connectivity index (χ1v) is 20.9. The van der Waals surface area contributed by atoms with Crippen LogP contribution in [0.5, 0.6) is 0 Å². The number of benzene rings is 7. The zero-order valence-electron chi connectivity index (χ0n) is 35.7. The summed E-state index contributed by atoms with van der Waals surface area (Å²) in [5, 5.41) is -7.44. The number of azide groups is 1. The first-order valence-electron chi connectivity index (χ1n) is 19.2. The van der Waals surface area contributed by atoms with E-state index in [1.807, 2.05) is 4.91 Å². The second kappa shape index (κ2) is 21.1. The second-order valence-electron chi connectivity index (χ2n) is 15.1. The van der Waals surface area contributed by atoms with Gasteiger partial charge in [-0.2, -0.15) is 26.3 Å². The number of halogens is 32. The Morgan fingerprint density at radius 3 is 0.519 bits per heavy atom. The van der Waals surface area contributed by atoms with E-state index in [4.69, 9.17) is 5.53 Å². The van der Waals surface area contributed by atoms with Gasteiger partial charge in [-0.15, -0.1) is 21.9 Å². The van der Waals surface area contributed by atoms with Crippen molar-refractivity contribution < 1.29 is 140 Å². The van der Waals surface area contributed by atoms with Gasteiger partial charge in [-0.1, -0.05) is 0 Å². The van der Waals surface area contributed by atoms with E-state index in [1.165, 1.54) is 0 Å². The van der Waals surface area contributed by atoms with Gasteiger partial charge in [-0.3, -0.25) is 0 Å². The molecule has 0 atom stereocenters. The quantitative estimate of drug-likeness (QED) is 0.0213. The first kappa shape index (κ1) is 60.3. The molecule has 418 valence electrons. The summed E-state index contributed by atoms with van der Waals surface area (Å²) < 4.78 is 466. The van der Waals surface area contributed by atoms with E-state index >= 15 is 35.1 Å². The number of hydrogen-bond acceptors (Lipinski definition) is 1. The second-order valence-corrected chi connectivity index (χ2v) is 17.9. The van der Waals surface area contributed by atoms with Gasteiger partial charge in [0.1, 0.15) is 52.7 Å². The highest BCUT2D eigenvalue weighted by atomic mass is 31.2. The molecule has 0 unspecified atom stereocenters. The molecule has 0 fully saturated rings. The van der Waals surface area contributed by atoms with E-state index < -0.39 is 256 Å². The predicted octanol–water partition coefficient (Wildman–Crippen LogP) is 11.7. The molecule has 0 aliphatic rings. The van der Waals surface area contributed by atoms with Crippen molar-refractivity contribution in [3.05, 3.63) is 215 Å². The van der Waals surface area contributed by atoms with Gasteiger partial charge in [0.2, 0.25) is 42.3 Å². The molecule has 0 heterocycles. The molecule has 37 heteroatoms. The van der Waals surface area contributed by atoms with Crippen LogP contribution in [-0.2, 0) is 0 Å². The standard InChI is InChI=1S/C24BF20.C18H3F12N3P/c26-5-1(6(27)14(35)21(42)13(5)34)25(2-7(28)15(36)22(43)16(37)8(2)29,3-9(30)17(38)23(44)18(39)10(3)31)4-11(32)19(40)24(45)20(41)12(4)33;19-4-1-5(20)11(26)16(10(4)25)34(33-32-31,17-12(27)6(21)2-7(22)13(17)28)18-14(29)8(23)3-9(24)15(18)30/h;1-3H/q-1;+1. The highest BCUT2D eigenvalue weighted by Crippen LogP contribution is 2.61. The van der Waals surface area contributed by atoms with Gasteiger partial charge in [0.05, 0.1) is 4.88 Å². The SMILES string of the molecule is Fc1c(F)c(F)c([B-](c2c(F)c(F)c(F)c(F)c2F)(c2c(F)c(F)c(F)c(F)c2F)c2c(F)c(F)c(F)c(F)c2F)c(F)c1F.[N-]=[N+]=N[P+](c1c(F)c(F)cc(F)c1F)(c1c(F)c(F)cc(F)c1F)c1c(F)c(F)cc(F)c1F. The summed E-state index contributed by atoms with van der Waals surface area (Å²) in [4.78, 5) is 4.43. The third-order valence-electron chi connectivity index (χ3n) is 11.1. The smallest absolute Gasteiger partial charge is 0.207 e. The Balaban J connectivity index is 0.000000265. The molecule has 0 aromatic heterocycles. The van der Waals surface area contributed by atoms with Gasteiger partial charge in [0.15, 0.2) is 121 Å². The highest BCUT2D eigenvalue weighted by molar-refractivity contribution is 7.94. The van der Waals surface area contributed by atoms with Crippen LogP contribution in [0.25, 0.3) is 10.4 Å². The first-order chi connectivity index (χ1) is 36.5. The third-order valence-corrected chi connectivity index (χ3v) is 14.6. The van der Waals surface area contributed by atoms with E-state index in [0.29, 0.717) is 0 Å². The molecule has 7 rings (SSSR count). The van der Waals surface area contributed by atoms with Crippen molar-refractivity contribution in [1.82, 2.24) is 0 Å². The van der Waals surface area contributed by atoms with E-state index in [2.05, 4.69) is 4.88 Å². The van der Waals surface area contributed by atoms with Crippen molar-refractivity contribution in [3.8, 4) is 0 Å². The summed E-state index contributed by atoms with van der Waals surface area (Å²) in [6.07, 6.45) is -7.22. The highest BCUT2D eigenvalue weighted by Gasteiger charge is 2.61. The van der Waals surface area contributed by atoms with Gasteiger partial charge in [0, 0.05) is 23.1 Å². The summed E-state index contributed by atoms with van der Waals surface area (Å²) in [6, 6.07) is -1.47. The van der Waals surface area contributed by atoms with Crippen LogP contribution in [0.3, 0.4) is 0 Å². The van der Waals surface area contributed by atoms with Crippen LogP contribution < -0.4 is 37.8 Å². The van der Waals surface area contributed by atoms with E-state index in [1.54, 1.807) is 0 Å². The maximum absolute atomic E-state index is 15.4. The summed E-state index contributed by atoms with van der Waals surface area (Å²) >= 11 is 0. The van der Waals surface area contributed by atoms with Gasteiger partial charge >= 0.3 is 0 Å². The average molecular weight is 1200 g/mol. The minimum atomic E-state index is -7.22. The van der Waals surface area contributed by atoms with Crippen molar-refractivity contribution in [2.24, 2.45) is 4.88 Å². The predicted molar refractivity (Wildman–Crippen MR) is 203 cm³/mol. The summed E-state index contributed by atoms with van der Waals surface area (Å²) in [6.45, 7) is 0. The van der Waals surface area contributed by atoms with Crippen LogP contribution in [0.1, 0.15) is 0 Å². The molecule has 0 amide bonds. The van der Waals surface area contributed by atoms with Gasteiger partial charge < -0.3 is 0 Å². The zero-order valence-corrected chi connectivity index (χ0v) is 36.6. The van der Waals surface area contributed by atoms with Crippen LogP contribution >= 0.6 is 7.41 Å². The molecule has 0 N–H and O–H groups in total. The summed E-state index contributed by atoms with van der Waals surface area (Å²) in [7, 11) is -6.42. The molecule has 0 spiro atoms. The molecule has 0 aliphatic heterocycles. The molecule has 7 aromatic carbocycles. The minimum Gasteiger partial charge on any atom is -0.207 e. The number of hydrogen-bond donors (Lipinski definition) is 0. The Hall–Kier alpha value is -7.90. The molecule has 79 heavy (non-hydrogen) atoms. The topological polar surface area (TPSA) is 48.8 Å². The third kappa shape index (κ3) is 8.63. The molecule has 0 aliphatic carbocycles. The van der Waals surface area contributed by atoms with Crippen LogP contribution in [0.4, 0.5) is 140 Å². The molecule has 0 radical (unpaired) electrons. The maximum Gasteiger partial charge on any atom is 0.242 e. The average Bonchev–Trinajstić information content (AvgIpc) is 3.59. The molecule has 3 nitrogen and oxygen atoms in total. The van der Waals surface area contributed by atoms with Crippen molar-refractivity contribution in [2.45, 2.75) is 0 Å². The Kier molecular flexibility index (Phi) is 16.1. The molecule has 7 aromatic rings. The molecule has 0 saturated heterocycles. The van der Waals surface area contributed by atoms with Crippen molar-refractivity contribution in [2.75, 3.05) is 0 Å². The lowest BCUT2D eigenvalue weighted by Gasteiger charge is -2.44. The summed E-state index contributed by atoms with van der Waals surface area (Å²) in [5.74, 6) is -102. The van der Waals surface area contributed by atoms with Crippen molar-refractivity contribution in [3.63, 3.8) is 0 Å². The minimum absolute atomic E-state index is 0.489. The molecule has 0 saturated carbocycles. The maximum atomic E-state index is 15.4. The Bertz CT molecular complexity index is 3230. The molecular weight excluding hydrogens is 1200 g/mol. The largest absolute Gasteiger partial charge is 0.242 e. The van der Waals surface area contributed by atoms with Crippen LogP contribution in [0.2, 0.25) is 0 Å². The molecular formula is C42H3BF32N3P. The van der Waals surface area contributed by atoms with Crippen LogP contribution in [0.15, 0.2) is 23.1 Å². The van der Waals surface area contributed by atoms with E-state index in [0.717, 1.165) is 0 Å². The lowest BCUT2D eigenvalue weighted by molar-refractivity contribution is 0.378. The Morgan fingerprint density at radius 2 is 0.380 bits per heavy atom. The van der Waals surface area contributed by atoms with Gasteiger partial charge in [-0.25, -0.2) is 114 Å². The fourth-order valence-corrected chi connectivity index (χ4v) is 11.3. The number of rotatable bonds is 8.